The van der Waals surface area contributed by atoms with Gasteiger partial charge in [-0.2, -0.15) is 0 Å². The van der Waals surface area contributed by atoms with E-state index in [1.807, 2.05) is 71.7 Å². The number of aryl methyl sites for hydroxylation is 2. The number of hydrogen-bond acceptors (Lipinski definition) is 4. The van der Waals surface area contributed by atoms with Crippen LogP contribution in [0, 0.1) is 6.92 Å². The number of nitrogens with zero attached hydrogens (tertiary/aromatic N) is 3. The maximum Gasteiger partial charge on any atom is 0.270 e. The van der Waals surface area contributed by atoms with Crippen LogP contribution < -0.4 is 0 Å². The summed E-state index contributed by atoms with van der Waals surface area (Å²) in [5.74, 6) is 1.13. The topological polar surface area (TPSA) is 47.4 Å². The summed E-state index contributed by atoms with van der Waals surface area (Å²) in [5, 5.41) is 0. The van der Waals surface area contributed by atoms with E-state index in [0.717, 1.165) is 42.3 Å². The zero-order chi connectivity index (χ0) is 17.4. The monoisotopic (exact) mass is 357 g/mol. The smallest absolute Gasteiger partial charge is 0.270 e. The fourth-order valence-electron chi connectivity index (χ4n) is 3.65. The molecule has 1 amide bonds. The van der Waals surface area contributed by atoms with Crippen LogP contribution in [0.2, 0.25) is 0 Å². The lowest BCUT2D eigenvalue weighted by Crippen LogP contribution is -2.61. The molecule has 1 spiro atoms. The van der Waals surface area contributed by atoms with Gasteiger partial charge in [-0.05, 0) is 37.6 Å². The molecule has 25 heavy (non-hydrogen) atoms. The lowest BCUT2D eigenvalue weighted by molar-refractivity contribution is 0.0241. The first-order valence-corrected chi connectivity index (χ1v) is 9.62. The highest BCUT2D eigenvalue weighted by Crippen LogP contribution is 2.46. The molecule has 0 unspecified atom stereocenters. The number of likely N-dealkylation sites (tertiary alicyclic amines) is 1. The summed E-state index contributed by atoms with van der Waals surface area (Å²) in [6.45, 7) is 4.21. The standard InChI is InChI=1S/C19H23N3O2S/c1-14-5-3-6-15(20-14)10-24-16-9-19(25-11-16)12-22(13-19)18(23)17-7-4-8-21(17)2/h3-8,16H,9-13H2,1-2H3/t16-/m1/s1. The van der Waals surface area contributed by atoms with Gasteiger partial charge in [0.05, 0.1) is 23.2 Å². The Labute approximate surface area is 152 Å². The van der Waals surface area contributed by atoms with Crippen LogP contribution in [-0.4, -0.2) is 50.1 Å². The van der Waals surface area contributed by atoms with Gasteiger partial charge >= 0.3 is 0 Å². The molecule has 2 aromatic rings. The van der Waals surface area contributed by atoms with Crippen LogP contribution in [0.4, 0.5) is 0 Å². The number of rotatable bonds is 4. The number of thioether (sulfide) groups is 1. The molecule has 5 nitrogen and oxygen atoms in total. The van der Waals surface area contributed by atoms with E-state index in [9.17, 15) is 4.79 Å². The molecule has 2 aromatic heterocycles. The van der Waals surface area contributed by atoms with E-state index in [1.54, 1.807) is 0 Å². The van der Waals surface area contributed by atoms with Gasteiger partial charge in [0.1, 0.15) is 5.69 Å². The van der Waals surface area contributed by atoms with Crippen molar-refractivity contribution in [3.8, 4) is 0 Å². The Balaban J connectivity index is 1.29. The van der Waals surface area contributed by atoms with Gasteiger partial charge < -0.3 is 14.2 Å². The SMILES string of the molecule is Cc1cccc(CO[C@H]2CSC3(C2)CN(C(=O)c2cccn2C)C3)n1. The third-order valence-electron chi connectivity index (χ3n) is 5.00. The largest absolute Gasteiger partial charge is 0.371 e. The molecule has 6 heteroatoms. The van der Waals surface area contributed by atoms with Gasteiger partial charge in [-0.1, -0.05) is 6.07 Å². The van der Waals surface area contributed by atoms with Crippen LogP contribution >= 0.6 is 11.8 Å². The van der Waals surface area contributed by atoms with Crippen molar-refractivity contribution in [1.82, 2.24) is 14.5 Å². The Kier molecular flexibility index (Phi) is 4.33. The Morgan fingerprint density at radius 1 is 1.36 bits per heavy atom. The minimum atomic E-state index is 0.132. The van der Waals surface area contributed by atoms with E-state index >= 15 is 0 Å². The van der Waals surface area contributed by atoms with Crippen LogP contribution in [0.15, 0.2) is 36.5 Å². The molecule has 1 atom stereocenters. The summed E-state index contributed by atoms with van der Waals surface area (Å²) >= 11 is 1.95. The van der Waals surface area contributed by atoms with Crippen molar-refractivity contribution in [2.24, 2.45) is 7.05 Å². The van der Waals surface area contributed by atoms with Crippen LogP contribution in [0.1, 0.15) is 28.3 Å². The van der Waals surface area contributed by atoms with Crippen molar-refractivity contribution in [3.63, 3.8) is 0 Å². The fourth-order valence-corrected chi connectivity index (χ4v) is 5.20. The summed E-state index contributed by atoms with van der Waals surface area (Å²) in [6, 6.07) is 9.82. The first kappa shape index (κ1) is 16.7. The molecular weight excluding hydrogens is 334 g/mol. The molecule has 2 saturated heterocycles. The quantitative estimate of drug-likeness (QED) is 0.844. The maximum atomic E-state index is 12.5. The Morgan fingerprint density at radius 3 is 2.92 bits per heavy atom. The Morgan fingerprint density at radius 2 is 2.20 bits per heavy atom. The Hall–Kier alpha value is -1.79. The molecular formula is C19H23N3O2S. The maximum absolute atomic E-state index is 12.5. The molecule has 0 radical (unpaired) electrons. The lowest BCUT2D eigenvalue weighted by Gasteiger charge is -2.47. The van der Waals surface area contributed by atoms with Crippen molar-refractivity contribution >= 4 is 17.7 Å². The second-order valence-electron chi connectivity index (χ2n) is 7.07. The third kappa shape index (κ3) is 3.33. The zero-order valence-electron chi connectivity index (χ0n) is 14.6. The van der Waals surface area contributed by atoms with E-state index in [-0.39, 0.29) is 16.8 Å². The van der Waals surface area contributed by atoms with E-state index in [0.29, 0.717) is 6.61 Å². The summed E-state index contributed by atoms with van der Waals surface area (Å²) in [7, 11) is 1.91. The first-order chi connectivity index (χ1) is 12.0. The normalized spacial score (nSPS) is 21.5. The second-order valence-corrected chi connectivity index (χ2v) is 8.56. The molecule has 4 rings (SSSR count). The highest BCUT2D eigenvalue weighted by molar-refractivity contribution is 8.01. The highest BCUT2D eigenvalue weighted by atomic mass is 32.2. The number of aromatic nitrogens is 2. The van der Waals surface area contributed by atoms with Gasteiger partial charge in [0.2, 0.25) is 0 Å². The van der Waals surface area contributed by atoms with Gasteiger partial charge in [-0.25, -0.2) is 0 Å². The van der Waals surface area contributed by atoms with Gasteiger partial charge in [0, 0.05) is 37.8 Å². The van der Waals surface area contributed by atoms with Crippen molar-refractivity contribution in [2.45, 2.75) is 30.8 Å². The molecule has 0 N–H and O–H groups in total. The summed E-state index contributed by atoms with van der Waals surface area (Å²) in [6.07, 6.45) is 3.18. The van der Waals surface area contributed by atoms with Gasteiger partial charge in [-0.15, -0.1) is 11.8 Å². The van der Waals surface area contributed by atoms with Crippen molar-refractivity contribution < 1.29 is 9.53 Å². The van der Waals surface area contributed by atoms with Crippen LogP contribution in [0.25, 0.3) is 0 Å². The summed E-state index contributed by atoms with van der Waals surface area (Å²) < 4.78 is 8.14. The van der Waals surface area contributed by atoms with E-state index < -0.39 is 0 Å². The van der Waals surface area contributed by atoms with Crippen LogP contribution in [0.5, 0.6) is 0 Å². The lowest BCUT2D eigenvalue weighted by atomic mass is 9.92. The minimum absolute atomic E-state index is 0.132. The number of carbonyl (C=O) groups excluding carboxylic acids is 1. The number of pyridine rings is 1. The van der Waals surface area contributed by atoms with Gasteiger partial charge in [-0.3, -0.25) is 9.78 Å². The molecule has 2 aliphatic rings. The second kappa shape index (κ2) is 6.50. The van der Waals surface area contributed by atoms with Gasteiger partial charge in [0.15, 0.2) is 0 Å². The van der Waals surface area contributed by atoms with E-state index in [2.05, 4.69) is 4.98 Å². The minimum Gasteiger partial charge on any atom is -0.371 e. The molecule has 0 aromatic carbocycles. The molecule has 0 saturated carbocycles. The third-order valence-corrected chi connectivity index (χ3v) is 6.57. The zero-order valence-corrected chi connectivity index (χ0v) is 15.5. The number of amides is 1. The molecule has 0 bridgehead atoms. The summed E-state index contributed by atoms with van der Waals surface area (Å²) in [5.41, 5.74) is 2.77. The van der Waals surface area contributed by atoms with Crippen molar-refractivity contribution in [2.75, 3.05) is 18.8 Å². The average molecular weight is 357 g/mol. The number of ether oxygens (including phenoxy) is 1. The first-order valence-electron chi connectivity index (χ1n) is 8.63. The predicted molar refractivity (Wildman–Crippen MR) is 98.7 cm³/mol. The predicted octanol–water partition coefficient (Wildman–Crippen LogP) is 2.65. The fraction of sp³-hybridized carbons (Fsp3) is 0.474. The molecule has 2 aliphatic heterocycles. The summed E-state index contributed by atoms with van der Waals surface area (Å²) in [4.78, 5) is 19.0. The van der Waals surface area contributed by atoms with E-state index in [1.165, 1.54) is 0 Å². The van der Waals surface area contributed by atoms with Crippen LogP contribution in [-0.2, 0) is 18.4 Å². The molecule has 0 aliphatic carbocycles. The molecule has 4 heterocycles. The van der Waals surface area contributed by atoms with E-state index in [4.69, 9.17) is 4.74 Å². The number of hydrogen-bond donors (Lipinski definition) is 0. The Bertz CT molecular complexity index is 782. The molecule has 132 valence electrons. The van der Waals surface area contributed by atoms with Crippen LogP contribution in [0.3, 0.4) is 0 Å². The van der Waals surface area contributed by atoms with Gasteiger partial charge in [0.25, 0.3) is 5.91 Å². The average Bonchev–Trinajstić information content (AvgIpc) is 3.17. The highest BCUT2D eigenvalue weighted by Gasteiger charge is 2.51. The van der Waals surface area contributed by atoms with Crippen molar-refractivity contribution in [1.29, 1.82) is 0 Å². The number of carbonyl (C=O) groups is 1. The van der Waals surface area contributed by atoms with Crippen molar-refractivity contribution in [3.05, 3.63) is 53.6 Å². The molecule has 2 fully saturated rings.